The SMILES string of the molecule is NCCCCN(Cc1nccc2c3ccccc3n(CC(=O)NC3CCNCC3)c12)[C@H]1CCCc2cccnc21. The molecule has 1 aliphatic carbocycles. The summed E-state index contributed by atoms with van der Waals surface area (Å²) in [6, 6.07) is 15.3. The predicted molar refractivity (Wildman–Crippen MR) is 160 cm³/mol. The van der Waals surface area contributed by atoms with Crippen LogP contribution >= 0.6 is 0 Å². The number of benzene rings is 1. The van der Waals surface area contributed by atoms with Gasteiger partial charge in [0.15, 0.2) is 0 Å². The van der Waals surface area contributed by atoms with E-state index in [1.54, 1.807) is 0 Å². The van der Waals surface area contributed by atoms with E-state index >= 15 is 0 Å². The van der Waals surface area contributed by atoms with Gasteiger partial charge in [0, 0.05) is 41.3 Å². The van der Waals surface area contributed by atoms with E-state index in [0.717, 1.165) is 92.1 Å². The van der Waals surface area contributed by atoms with Gasteiger partial charge in [-0.05, 0) is 94.9 Å². The second kappa shape index (κ2) is 12.5. The summed E-state index contributed by atoms with van der Waals surface area (Å²) in [7, 11) is 0. The summed E-state index contributed by atoms with van der Waals surface area (Å²) in [5.74, 6) is 0.0644. The van der Waals surface area contributed by atoms with Crippen LogP contribution in [0.3, 0.4) is 0 Å². The zero-order valence-corrected chi connectivity index (χ0v) is 23.3. The summed E-state index contributed by atoms with van der Waals surface area (Å²) in [5, 5.41) is 8.99. The van der Waals surface area contributed by atoms with Crippen LogP contribution in [0.2, 0.25) is 0 Å². The Balaban J connectivity index is 1.37. The average molecular weight is 540 g/mol. The van der Waals surface area contributed by atoms with Crippen LogP contribution in [0, 0.1) is 0 Å². The fraction of sp³-hybridized carbons (Fsp3) is 0.469. The number of carbonyl (C=O) groups excluding carboxylic acids is 1. The number of aryl methyl sites for hydroxylation is 1. The van der Waals surface area contributed by atoms with Crippen molar-refractivity contribution in [2.45, 2.75) is 70.1 Å². The van der Waals surface area contributed by atoms with Crippen molar-refractivity contribution in [2.75, 3.05) is 26.2 Å². The molecule has 4 aromatic rings. The van der Waals surface area contributed by atoms with Crippen LogP contribution in [0.15, 0.2) is 54.9 Å². The molecule has 1 amide bonds. The molecule has 0 saturated carbocycles. The molecule has 1 aromatic carbocycles. The molecule has 0 radical (unpaired) electrons. The largest absolute Gasteiger partial charge is 0.352 e. The molecular weight excluding hydrogens is 498 g/mol. The molecular formula is C32H41N7O. The molecule has 0 unspecified atom stereocenters. The van der Waals surface area contributed by atoms with Crippen LogP contribution in [-0.4, -0.2) is 57.6 Å². The first-order valence-corrected chi connectivity index (χ1v) is 15.0. The lowest BCUT2D eigenvalue weighted by atomic mass is 9.90. The first kappa shape index (κ1) is 26.9. The number of amides is 1. The van der Waals surface area contributed by atoms with E-state index < -0.39 is 0 Å². The highest BCUT2D eigenvalue weighted by Crippen LogP contribution is 2.36. The van der Waals surface area contributed by atoms with E-state index in [0.29, 0.717) is 13.1 Å². The maximum absolute atomic E-state index is 13.4. The number of para-hydroxylation sites is 1. The highest BCUT2D eigenvalue weighted by atomic mass is 16.2. The van der Waals surface area contributed by atoms with Crippen molar-refractivity contribution >= 4 is 27.7 Å². The van der Waals surface area contributed by atoms with Crippen molar-refractivity contribution in [1.82, 2.24) is 30.1 Å². The Hall–Kier alpha value is -3.33. The van der Waals surface area contributed by atoms with Crippen LogP contribution in [0.25, 0.3) is 21.8 Å². The van der Waals surface area contributed by atoms with E-state index in [1.165, 1.54) is 11.3 Å². The van der Waals surface area contributed by atoms with E-state index in [-0.39, 0.29) is 24.5 Å². The molecule has 6 rings (SSSR count). The third-order valence-corrected chi connectivity index (χ3v) is 8.62. The lowest BCUT2D eigenvalue weighted by Gasteiger charge is -2.35. The number of hydrogen-bond donors (Lipinski definition) is 3. The number of hydrogen-bond acceptors (Lipinski definition) is 6. The van der Waals surface area contributed by atoms with E-state index in [2.05, 4.69) is 62.6 Å². The fourth-order valence-corrected chi connectivity index (χ4v) is 6.67. The van der Waals surface area contributed by atoms with Gasteiger partial charge >= 0.3 is 0 Å². The minimum Gasteiger partial charge on any atom is -0.352 e. The Bertz CT molecular complexity index is 1460. The summed E-state index contributed by atoms with van der Waals surface area (Å²) in [6.45, 7) is 4.53. The van der Waals surface area contributed by atoms with Gasteiger partial charge in [-0.25, -0.2) is 0 Å². The third kappa shape index (κ3) is 5.61. The zero-order valence-electron chi connectivity index (χ0n) is 23.3. The number of piperidine rings is 1. The van der Waals surface area contributed by atoms with E-state index in [1.807, 2.05) is 12.4 Å². The van der Waals surface area contributed by atoms with Crippen molar-refractivity contribution in [3.05, 3.63) is 71.8 Å². The number of fused-ring (bicyclic) bond motifs is 4. The van der Waals surface area contributed by atoms with Crippen LogP contribution in [0.4, 0.5) is 0 Å². The lowest BCUT2D eigenvalue weighted by molar-refractivity contribution is -0.122. The van der Waals surface area contributed by atoms with Crippen molar-refractivity contribution < 1.29 is 4.79 Å². The number of nitrogens with zero attached hydrogens (tertiary/aromatic N) is 4. The molecule has 0 spiro atoms. The molecule has 8 nitrogen and oxygen atoms in total. The molecule has 3 aromatic heterocycles. The van der Waals surface area contributed by atoms with E-state index in [9.17, 15) is 4.79 Å². The van der Waals surface area contributed by atoms with Crippen molar-refractivity contribution in [3.63, 3.8) is 0 Å². The second-order valence-corrected chi connectivity index (χ2v) is 11.3. The molecule has 1 fully saturated rings. The summed E-state index contributed by atoms with van der Waals surface area (Å²) in [6.07, 6.45) is 11.2. The van der Waals surface area contributed by atoms with Crippen LogP contribution in [0.1, 0.15) is 61.5 Å². The predicted octanol–water partition coefficient (Wildman–Crippen LogP) is 4.07. The Morgan fingerprint density at radius 2 is 1.90 bits per heavy atom. The smallest absolute Gasteiger partial charge is 0.240 e. The summed E-state index contributed by atoms with van der Waals surface area (Å²) >= 11 is 0. The highest BCUT2D eigenvalue weighted by Gasteiger charge is 2.28. The molecule has 1 aliphatic heterocycles. The molecule has 0 bridgehead atoms. The second-order valence-electron chi connectivity index (χ2n) is 11.3. The van der Waals surface area contributed by atoms with Gasteiger partial charge in [-0.1, -0.05) is 24.3 Å². The highest BCUT2D eigenvalue weighted by molar-refractivity contribution is 6.09. The molecule has 2 aliphatic rings. The van der Waals surface area contributed by atoms with Gasteiger partial charge in [-0.2, -0.15) is 0 Å². The normalized spacial score (nSPS) is 17.9. The van der Waals surface area contributed by atoms with Crippen molar-refractivity contribution in [1.29, 1.82) is 0 Å². The summed E-state index contributed by atoms with van der Waals surface area (Å²) < 4.78 is 2.19. The topological polar surface area (TPSA) is 101 Å². The molecule has 4 N–H and O–H groups in total. The summed E-state index contributed by atoms with van der Waals surface area (Å²) in [4.78, 5) is 25.7. The quantitative estimate of drug-likeness (QED) is 0.263. The third-order valence-electron chi connectivity index (χ3n) is 8.62. The number of nitrogens with two attached hydrogens (primary N) is 1. The molecule has 40 heavy (non-hydrogen) atoms. The number of carbonyl (C=O) groups is 1. The molecule has 210 valence electrons. The number of rotatable bonds is 10. The average Bonchev–Trinajstić information content (AvgIpc) is 3.31. The van der Waals surface area contributed by atoms with Crippen molar-refractivity contribution in [2.24, 2.45) is 5.73 Å². The van der Waals surface area contributed by atoms with Crippen LogP contribution in [-0.2, 0) is 24.3 Å². The lowest BCUT2D eigenvalue weighted by Crippen LogP contribution is -2.43. The van der Waals surface area contributed by atoms with Gasteiger partial charge in [0.05, 0.1) is 22.9 Å². The molecule has 1 atom stereocenters. The summed E-state index contributed by atoms with van der Waals surface area (Å²) in [5.41, 5.74) is 11.6. The van der Waals surface area contributed by atoms with Gasteiger partial charge in [0.1, 0.15) is 6.54 Å². The van der Waals surface area contributed by atoms with Gasteiger partial charge in [-0.15, -0.1) is 0 Å². The Labute approximate surface area is 236 Å². The van der Waals surface area contributed by atoms with Gasteiger partial charge in [-0.3, -0.25) is 19.7 Å². The Kier molecular flexibility index (Phi) is 8.37. The van der Waals surface area contributed by atoms with Gasteiger partial charge in [0.2, 0.25) is 5.91 Å². The first-order chi connectivity index (χ1) is 19.7. The molecule has 1 saturated heterocycles. The molecule has 8 heteroatoms. The van der Waals surface area contributed by atoms with Crippen LogP contribution < -0.4 is 16.4 Å². The van der Waals surface area contributed by atoms with E-state index in [4.69, 9.17) is 15.7 Å². The monoisotopic (exact) mass is 539 g/mol. The molecule has 4 heterocycles. The number of aromatic nitrogens is 3. The number of nitrogens with one attached hydrogen (secondary N) is 2. The maximum Gasteiger partial charge on any atom is 0.240 e. The van der Waals surface area contributed by atoms with Gasteiger partial charge in [0.25, 0.3) is 0 Å². The standard InChI is InChI=1S/C32H41N7O/c33-15-3-4-20-38(29-11-5-7-23-8-6-16-36-31(23)29)21-27-32-26(14-19-35-27)25-9-1-2-10-28(25)39(32)22-30(40)37-24-12-17-34-18-13-24/h1-2,6,8-10,14,16,19,24,29,34H,3-5,7,11-13,15,17-18,20-22,33H2,(H,37,40)/t29-/m0/s1. The zero-order chi connectivity index (χ0) is 27.3. The van der Waals surface area contributed by atoms with Crippen LogP contribution in [0.5, 0.6) is 0 Å². The van der Waals surface area contributed by atoms with Gasteiger partial charge < -0.3 is 20.9 Å². The maximum atomic E-state index is 13.4. The number of unbranched alkanes of at least 4 members (excludes halogenated alkanes) is 1. The Morgan fingerprint density at radius 3 is 2.77 bits per heavy atom. The Morgan fingerprint density at radius 1 is 1.02 bits per heavy atom. The first-order valence-electron chi connectivity index (χ1n) is 15.0. The van der Waals surface area contributed by atoms with Crippen molar-refractivity contribution in [3.8, 4) is 0 Å². The minimum absolute atomic E-state index is 0.0644. The fourth-order valence-electron chi connectivity index (χ4n) is 6.67. The number of pyridine rings is 2. The minimum atomic E-state index is 0.0644.